The van der Waals surface area contributed by atoms with Crippen molar-refractivity contribution in [3.8, 4) is 0 Å². The highest BCUT2D eigenvalue weighted by atomic mass is 32.2. The highest BCUT2D eigenvalue weighted by Gasteiger charge is 2.38. The van der Waals surface area contributed by atoms with E-state index in [9.17, 15) is 0 Å². The number of likely N-dealkylation sites (N-methyl/N-ethyl adjacent to an activating group) is 1. The van der Waals surface area contributed by atoms with E-state index < -0.39 is 0 Å². The summed E-state index contributed by atoms with van der Waals surface area (Å²) >= 11 is 1.94. The molecule has 2 N–H and O–H groups in total. The second kappa shape index (κ2) is 7.01. The Balaban J connectivity index is 2.59. The smallest absolute Gasteiger partial charge is 0.0331 e. The SMILES string of the molecule is CSCCC(C)N(C)C1(CN)CCC(C)CC1. The third-order valence-electron chi connectivity index (χ3n) is 4.73. The van der Waals surface area contributed by atoms with Gasteiger partial charge in [0, 0.05) is 18.1 Å². The van der Waals surface area contributed by atoms with E-state index in [2.05, 4.69) is 32.1 Å². The summed E-state index contributed by atoms with van der Waals surface area (Å²) in [6.07, 6.45) is 8.71. The van der Waals surface area contributed by atoms with Crippen molar-refractivity contribution >= 4 is 11.8 Å². The molecule has 0 aromatic heterocycles. The van der Waals surface area contributed by atoms with Gasteiger partial charge in [0.2, 0.25) is 0 Å². The van der Waals surface area contributed by atoms with Gasteiger partial charge in [-0.25, -0.2) is 0 Å². The van der Waals surface area contributed by atoms with E-state index >= 15 is 0 Å². The van der Waals surface area contributed by atoms with Crippen LogP contribution in [0.1, 0.15) is 46.0 Å². The van der Waals surface area contributed by atoms with Crippen molar-refractivity contribution in [1.82, 2.24) is 4.90 Å². The lowest BCUT2D eigenvalue weighted by molar-refractivity contribution is 0.0371. The Hall–Kier alpha value is 0.270. The first kappa shape index (κ1) is 15.3. The van der Waals surface area contributed by atoms with Gasteiger partial charge in [-0.15, -0.1) is 0 Å². The summed E-state index contributed by atoms with van der Waals surface area (Å²) in [7, 11) is 2.29. The highest BCUT2D eigenvalue weighted by Crippen LogP contribution is 2.36. The molecule has 102 valence electrons. The van der Waals surface area contributed by atoms with Gasteiger partial charge < -0.3 is 5.73 Å². The molecule has 0 saturated heterocycles. The second-order valence-electron chi connectivity index (χ2n) is 5.85. The van der Waals surface area contributed by atoms with Crippen LogP contribution in [0.3, 0.4) is 0 Å². The number of rotatable bonds is 6. The first-order valence-electron chi connectivity index (χ1n) is 6.97. The van der Waals surface area contributed by atoms with Gasteiger partial charge in [0.05, 0.1) is 0 Å². The Morgan fingerprint density at radius 3 is 2.47 bits per heavy atom. The van der Waals surface area contributed by atoms with Crippen molar-refractivity contribution in [1.29, 1.82) is 0 Å². The van der Waals surface area contributed by atoms with Crippen molar-refractivity contribution in [3.63, 3.8) is 0 Å². The van der Waals surface area contributed by atoms with Gasteiger partial charge in [-0.1, -0.05) is 6.92 Å². The Morgan fingerprint density at radius 2 is 2.00 bits per heavy atom. The van der Waals surface area contributed by atoms with Crippen LogP contribution in [0.25, 0.3) is 0 Å². The summed E-state index contributed by atoms with van der Waals surface area (Å²) in [5.74, 6) is 2.15. The fraction of sp³-hybridized carbons (Fsp3) is 1.00. The highest BCUT2D eigenvalue weighted by molar-refractivity contribution is 7.98. The summed E-state index contributed by atoms with van der Waals surface area (Å²) in [6.45, 7) is 5.54. The van der Waals surface area contributed by atoms with Crippen molar-refractivity contribution in [2.75, 3.05) is 25.6 Å². The molecular weight excluding hydrogens is 228 g/mol. The van der Waals surface area contributed by atoms with Crippen LogP contribution in [0, 0.1) is 5.92 Å². The third kappa shape index (κ3) is 3.87. The van der Waals surface area contributed by atoms with Gasteiger partial charge in [-0.3, -0.25) is 4.90 Å². The molecule has 0 aromatic carbocycles. The van der Waals surface area contributed by atoms with E-state index in [1.54, 1.807) is 0 Å². The fourth-order valence-corrected chi connectivity index (χ4v) is 3.53. The Bertz CT molecular complexity index is 212. The van der Waals surface area contributed by atoms with E-state index in [1.165, 1.54) is 37.9 Å². The average molecular weight is 258 g/mol. The summed E-state index contributed by atoms with van der Waals surface area (Å²) in [5.41, 5.74) is 6.39. The minimum atomic E-state index is 0.282. The quantitative estimate of drug-likeness (QED) is 0.794. The molecular formula is C14H30N2S. The minimum absolute atomic E-state index is 0.282. The second-order valence-corrected chi connectivity index (χ2v) is 6.84. The molecule has 0 radical (unpaired) electrons. The van der Waals surface area contributed by atoms with Crippen molar-refractivity contribution in [2.24, 2.45) is 11.7 Å². The van der Waals surface area contributed by atoms with Crippen molar-refractivity contribution in [2.45, 2.75) is 57.5 Å². The van der Waals surface area contributed by atoms with Crippen LogP contribution in [-0.4, -0.2) is 42.1 Å². The molecule has 0 aromatic rings. The maximum atomic E-state index is 6.10. The number of nitrogens with two attached hydrogens (primary N) is 1. The molecule has 0 bridgehead atoms. The fourth-order valence-electron chi connectivity index (χ4n) is 2.95. The molecule has 1 rings (SSSR count). The monoisotopic (exact) mass is 258 g/mol. The molecule has 1 saturated carbocycles. The van der Waals surface area contributed by atoms with Crippen LogP contribution in [0.15, 0.2) is 0 Å². The normalized spacial score (nSPS) is 31.8. The van der Waals surface area contributed by atoms with Crippen LogP contribution in [-0.2, 0) is 0 Å². The summed E-state index contributed by atoms with van der Waals surface area (Å²) in [6, 6.07) is 0.652. The molecule has 0 heterocycles. The molecule has 3 heteroatoms. The van der Waals surface area contributed by atoms with Gasteiger partial charge >= 0.3 is 0 Å². The first-order valence-corrected chi connectivity index (χ1v) is 8.37. The van der Waals surface area contributed by atoms with Crippen molar-refractivity contribution < 1.29 is 0 Å². The molecule has 0 aliphatic heterocycles. The van der Waals surface area contributed by atoms with Gasteiger partial charge in [0.15, 0.2) is 0 Å². The van der Waals surface area contributed by atoms with Crippen LogP contribution in [0.2, 0.25) is 0 Å². The molecule has 1 atom stereocenters. The molecule has 2 nitrogen and oxygen atoms in total. The zero-order valence-corrected chi connectivity index (χ0v) is 12.9. The zero-order valence-electron chi connectivity index (χ0n) is 12.0. The van der Waals surface area contributed by atoms with Gasteiger partial charge in [0.1, 0.15) is 0 Å². The number of hydrogen-bond acceptors (Lipinski definition) is 3. The van der Waals surface area contributed by atoms with E-state index in [4.69, 9.17) is 5.73 Å². The molecule has 1 unspecified atom stereocenters. The summed E-state index contributed by atoms with van der Waals surface area (Å²) in [5, 5.41) is 0. The maximum absolute atomic E-state index is 6.10. The standard InChI is InChI=1S/C14H30N2S/c1-12-5-8-14(11-15,9-6-12)16(3)13(2)7-10-17-4/h12-13H,5-11,15H2,1-4H3. The number of nitrogens with zero attached hydrogens (tertiary/aromatic N) is 1. The maximum Gasteiger partial charge on any atom is 0.0331 e. The van der Waals surface area contributed by atoms with E-state index in [1.807, 2.05) is 11.8 Å². The van der Waals surface area contributed by atoms with Crippen LogP contribution < -0.4 is 5.73 Å². The number of hydrogen-bond donors (Lipinski definition) is 1. The molecule has 1 aliphatic rings. The van der Waals surface area contributed by atoms with Crippen LogP contribution >= 0.6 is 11.8 Å². The van der Waals surface area contributed by atoms with Crippen LogP contribution in [0.5, 0.6) is 0 Å². The van der Waals surface area contributed by atoms with Gasteiger partial charge in [-0.05, 0) is 64.0 Å². The van der Waals surface area contributed by atoms with Gasteiger partial charge in [-0.2, -0.15) is 11.8 Å². The zero-order chi connectivity index (χ0) is 12.9. The largest absolute Gasteiger partial charge is 0.329 e. The molecule has 17 heavy (non-hydrogen) atoms. The summed E-state index contributed by atoms with van der Waals surface area (Å²) in [4.78, 5) is 2.58. The molecule has 1 aliphatic carbocycles. The molecule has 0 amide bonds. The topological polar surface area (TPSA) is 29.3 Å². The first-order chi connectivity index (χ1) is 8.05. The average Bonchev–Trinajstić information content (AvgIpc) is 2.36. The number of thioether (sulfide) groups is 1. The Morgan fingerprint density at radius 1 is 1.41 bits per heavy atom. The minimum Gasteiger partial charge on any atom is -0.329 e. The summed E-state index contributed by atoms with van der Waals surface area (Å²) < 4.78 is 0. The lowest BCUT2D eigenvalue weighted by Crippen LogP contribution is -2.57. The van der Waals surface area contributed by atoms with Crippen LogP contribution in [0.4, 0.5) is 0 Å². The predicted octanol–water partition coefficient (Wildman–Crippen LogP) is 2.97. The van der Waals surface area contributed by atoms with Gasteiger partial charge in [0.25, 0.3) is 0 Å². The van der Waals surface area contributed by atoms with E-state index in [0.717, 1.165) is 12.5 Å². The van der Waals surface area contributed by atoms with E-state index in [-0.39, 0.29) is 5.54 Å². The molecule has 1 fully saturated rings. The van der Waals surface area contributed by atoms with Crippen molar-refractivity contribution in [3.05, 3.63) is 0 Å². The lowest BCUT2D eigenvalue weighted by atomic mass is 9.75. The lowest BCUT2D eigenvalue weighted by Gasteiger charge is -2.48. The Kier molecular flexibility index (Phi) is 6.32. The van der Waals surface area contributed by atoms with E-state index in [0.29, 0.717) is 6.04 Å². The Labute approximate surface area is 112 Å². The predicted molar refractivity (Wildman–Crippen MR) is 79.6 cm³/mol. The third-order valence-corrected chi connectivity index (χ3v) is 5.38. The molecule has 0 spiro atoms.